The number of aliphatic hydroxyl groups is 1. The van der Waals surface area contributed by atoms with E-state index in [0.717, 1.165) is 5.52 Å². The first-order valence-corrected chi connectivity index (χ1v) is 5.80. The van der Waals surface area contributed by atoms with Crippen LogP contribution in [0.25, 0.3) is 10.9 Å². The van der Waals surface area contributed by atoms with Crippen LogP contribution in [0.1, 0.15) is 30.8 Å². The molecule has 2 N–H and O–H groups in total. The third kappa shape index (κ3) is 2.51. The van der Waals surface area contributed by atoms with Gasteiger partial charge in [0, 0.05) is 11.9 Å². The molecule has 18 heavy (non-hydrogen) atoms. The summed E-state index contributed by atoms with van der Waals surface area (Å²) in [5.74, 6) is -1.03. The number of carbonyl (C=O) groups is 1. The minimum absolute atomic E-state index is 0.0568. The number of benzene rings is 1. The van der Waals surface area contributed by atoms with Crippen LogP contribution >= 0.6 is 0 Å². The average Bonchev–Trinajstić information content (AvgIpc) is 2.64. The van der Waals surface area contributed by atoms with Crippen molar-refractivity contribution in [3.8, 4) is 0 Å². The fourth-order valence-corrected chi connectivity index (χ4v) is 1.84. The largest absolute Gasteiger partial charge is 0.476 e. The molecule has 1 aromatic carbocycles. The van der Waals surface area contributed by atoms with Crippen LogP contribution in [0, 0.1) is 0 Å². The molecule has 0 bridgehead atoms. The molecule has 0 unspecified atom stereocenters. The van der Waals surface area contributed by atoms with E-state index in [1.807, 2.05) is 12.1 Å². The Labute approximate surface area is 105 Å². The molecule has 0 aliphatic rings. The maximum absolute atomic E-state index is 11.1. The van der Waals surface area contributed by atoms with Crippen molar-refractivity contribution >= 4 is 16.9 Å². The van der Waals surface area contributed by atoms with Gasteiger partial charge in [-0.2, -0.15) is 5.10 Å². The number of carboxylic acids is 1. The van der Waals surface area contributed by atoms with Crippen molar-refractivity contribution in [2.45, 2.75) is 32.4 Å². The summed E-state index contributed by atoms with van der Waals surface area (Å²) in [6.45, 7) is 3.92. The Morgan fingerprint density at radius 1 is 1.39 bits per heavy atom. The number of nitrogens with zero attached hydrogens (tertiary/aromatic N) is 2. The van der Waals surface area contributed by atoms with Crippen molar-refractivity contribution in [2.24, 2.45) is 0 Å². The summed E-state index contributed by atoms with van der Waals surface area (Å²) in [4.78, 5) is 11.1. The van der Waals surface area contributed by atoms with Crippen molar-refractivity contribution in [1.82, 2.24) is 9.78 Å². The number of hydrogen-bond donors (Lipinski definition) is 2. The number of aromatic nitrogens is 2. The molecule has 0 fully saturated rings. The summed E-state index contributed by atoms with van der Waals surface area (Å²) >= 11 is 0. The van der Waals surface area contributed by atoms with Crippen molar-refractivity contribution in [3.63, 3.8) is 0 Å². The summed E-state index contributed by atoms with van der Waals surface area (Å²) in [6, 6.07) is 7.21. The van der Waals surface area contributed by atoms with Crippen LogP contribution < -0.4 is 0 Å². The van der Waals surface area contributed by atoms with Gasteiger partial charge in [0.2, 0.25) is 0 Å². The molecule has 0 saturated heterocycles. The molecule has 96 valence electrons. The molecule has 0 atom stereocenters. The summed E-state index contributed by atoms with van der Waals surface area (Å²) in [7, 11) is 0. The Morgan fingerprint density at radius 2 is 2.06 bits per heavy atom. The fourth-order valence-electron chi connectivity index (χ4n) is 1.84. The Kier molecular flexibility index (Phi) is 3.09. The normalized spacial score (nSPS) is 11.9. The molecule has 2 rings (SSSR count). The van der Waals surface area contributed by atoms with Gasteiger partial charge in [0.1, 0.15) is 0 Å². The number of hydrogen-bond acceptors (Lipinski definition) is 3. The molecule has 0 aliphatic carbocycles. The quantitative estimate of drug-likeness (QED) is 0.866. The van der Waals surface area contributed by atoms with Crippen LogP contribution in [-0.4, -0.2) is 31.6 Å². The van der Waals surface area contributed by atoms with Crippen LogP contribution in [0.4, 0.5) is 0 Å². The topological polar surface area (TPSA) is 75.3 Å². The maximum atomic E-state index is 11.1. The van der Waals surface area contributed by atoms with Crippen LogP contribution in [0.15, 0.2) is 24.3 Å². The lowest BCUT2D eigenvalue weighted by Gasteiger charge is -2.16. The molecule has 5 nitrogen and oxygen atoms in total. The number of rotatable bonds is 4. The van der Waals surface area contributed by atoms with E-state index in [-0.39, 0.29) is 5.69 Å². The third-order valence-electron chi connectivity index (χ3n) is 2.80. The first-order valence-electron chi connectivity index (χ1n) is 5.80. The second-order valence-corrected chi connectivity index (χ2v) is 4.96. The molecule has 0 saturated carbocycles. The van der Waals surface area contributed by atoms with E-state index in [2.05, 4.69) is 5.10 Å². The van der Waals surface area contributed by atoms with Gasteiger partial charge in [-0.15, -0.1) is 0 Å². The lowest BCUT2D eigenvalue weighted by Crippen LogP contribution is -2.21. The van der Waals surface area contributed by atoms with E-state index in [9.17, 15) is 9.90 Å². The van der Waals surface area contributed by atoms with Gasteiger partial charge in [0.05, 0.1) is 11.1 Å². The van der Waals surface area contributed by atoms with Gasteiger partial charge in [-0.25, -0.2) is 4.79 Å². The van der Waals surface area contributed by atoms with Crippen molar-refractivity contribution in [3.05, 3.63) is 30.0 Å². The van der Waals surface area contributed by atoms with E-state index < -0.39 is 11.6 Å². The summed E-state index contributed by atoms with van der Waals surface area (Å²) in [6.07, 6.45) is 0.512. The highest BCUT2D eigenvalue weighted by Crippen LogP contribution is 2.20. The Bertz CT molecular complexity index is 581. The third-order valence-corrected chi connectivity index (χ3v) is 2.80. The molecule has 0 spiro atoms. The molecule has 0 aliphatic heterocycles. The summed E-state index contributed by atoms with van der Waals surface area (Å²) in [5.41, 5.74) is 0.0386. The number of aromatic carboxylic acids is 1. The van der Waals surface area contributed by atoms with E-state index >= 15 is 0 Å². The molecule has 0 radical (unpaired) electrons. The SMILES string of the molecule is CC(C)(O)CCn1nc(C(=O)O)c2ccccc21. The number of aryl methyl sites for hydroxylation is 1. The molecule has 1 heterocycles. The van der Waals surface area contributed by atoms with Crippen molar-refractivity contribution in [1.29, 1.82) is 0 Å². The van der Waals surface area contributed by atoms with Gasteiger partial charge >= 0.3 is 5.97 Å². The first kappa shape index (κ1) is 12.6. The van der Waals surface area contributed by atoms with Gasteiger partial charge in [0.25, 0.3) is 0 Å². The lowest BCUT2D eigenvalue weighted by atomic mass is 10.1. The highest BCUT2D eigenvalue weighted by atomic mass is 16.4. The highest BCUT2D eigenvalue weighted by Gasteiger charge is 2.18. The monoisotopic (exact) mass is 248 g/mol. The van der Waals surface area contributed by atoms with Gasteiger partial charge in [-0.05, 0) is 26.3 Å². The van der Waals surface area contributed by atoms with Crippen LogP contribution in [0.3, 0.4) is 0 Å². The van der Waals surface area contributed by atoms with Crippen LogP contribution in [-0.2, 0) is 6.54 Å². The maximum Gasteiger partial charge on any atom is 0.357 e. The Morgan fingerprint density at radius 3 is 2.67 bits per heavy atom. The molecule has 0 amide bonds. The second-order valence-electron chi connectivity index (χ2n) is 4.96. The minimum atomic E-state index is -1.03. The Hall–Kier alpha value is -1.88. The van der Waals surface area contributed by atoms with Crippen molar-refractivity contribution < 1.29 is 15.0 Å². The van der Waals surface area contributed by atoms with E-state index in [1.165, 1.54) is 0 Å². The first-order chi connectivity index (χ1) is 8.38. The van der Waals surface area contributed by atoms with Gasteiger partial charge in [0.15, 0.2) is 5.69 Å². The highest BCUT2D eigenvalue weighted by molar-refractivity contribution is 6.01. The zero-order valence-electron chi connectivity index (χ0n) is 10.4. The summed E-state index contributed by atoms with van der Waals surface area (Å²) in [5, 5.41) is 23.5. The summed E-state index contributed by atoms with van der Waals surface area (Å²) < 4.78 is 1.64. The van der Waals surface area contributed by atoms with Crippen LogP contribution in [0.5, 0.6) is 0 Å². The van der Waals surface area contributed by atoms with Crippen LogP contribution in [0.2, 0.25) is 0 Å². The smallest absolute Gasteiger partial charge is 0.357 e. The van der Waals surface area contributed by atoms with E-state index in [0.29, 0.717) is 18.4 Å². The molecule has 2 aromatic rings. The Balaban J connectivity index is 2.42. The standard InChI is InChI=1S/C13H16N2O3/c1-13(2,18)7-8-15-10-6-4-3-5-9(10)11(14-15)12(16)17/h3-6,18H,7-8H2,1-2H3,(H,16,17). The second kappa shape index (κ2) is 4.42. The molecular weight excluding hydrogens is 232 g/mol. The van der Waals surface area contributed by atoms with E-state index in [4.69, 9.17) is 5.11 Å². The predicted molar refractivity (Wildman–Crippen MR) is 67.6 cm³/mol. The molecule has 5 heteroatoms. The van der Waals surface area contributed by atoms with Gasteiger partial charge in [-0.1, -0.05) is 18.2 Å². The average molecular weight is 248 g/mol. The predicted octanol–water partition coefficient (Wildman–Crippen LogP) is 1.90. The zero-order chi connectivity index (χ0) is 13.3. The minimum Gasteiger partial charge on any atom is -0.476 e. The molecular formula is C13H16N2O3. The molecule has 1 aromatic heterocycles. The zero-order valence-corrected chi connectivity index (χ0v) is 10.4. The lowest BCUT2D eigenvalue weighted by molar-refractivity contribution is 0.0652. The number of fused-ring (bicyclic) bond motifs is 1. The number of para-hydroxylation sites is 1. The number of carboxylic acid groups (broad SMARTS) is 1. The van der Waals surface area contributed by atoms with E-state index in [1.54, 1.807) is 30.7 Å². The fraction of sp³-hybridized carbons (Fsp3) is 0.385. The van der Waals surface area contributed by atoms with Gasteiger partial charge < -0.3 is 10.2 Å². The van der Waals surface area contributed by atoms with Crippen molar-refractivity contribution in [2.75, 3.05) is 0 Å². The van der Waals surface area contributed by atoms with Gasteiger partial charge in [-0.3, -0.25) is 4.68 Å².